The van der Waals surface area contributed by atoms with E-state index in [0.29, 0.717) is 35.2 Å². The highest BCUT2D eigenvalue weighted by Gasteiger charge is 2.24. The lowest BCUT2D eigenvalue weighted by molar-refractivity contribution is 0.669. The van der Waals surface area contributed by atoms with Gasteiger partial charge in [0, 0.05) is 54.6 Å². The molecular weight excluding hydrogens is 1140 g/mol. The lowest BCUT2D eigenvalue weighted by Crippen LogP contribution is -2.06. The second-order valence-electron chi connectivity index (χ2n) is 23.9. The highest BCUT2D eigenvalue weighted by molar-refractivity contribution is 6.16. The zero-order chi connectivity index (χ0) is 61.1. The Morgan fingerprint density at radius 2 is 0.613 bits per heavy atom. The van der Waals surface area contributed by atoms with Gasteiger partial charge in [-0.3, -0.25) is 9.13 Å². The van der Waals surface area contributed by atoms with Gasteiger partial charge in [-0.15, -0.1) is 0 Å². The molecule has 0 saturated carbocycles. The van der Waals surface area contributed by atoms with Gasteiger partial charge >= 0.3 is 0 Å². The fourth-order valence-electron chi connectivity index (χ4n) is 13.8. The van der Waals surface area contributed by atoms with Crippen molar-refractivity contribution < 1.29 is 4.42 Å². The second-order valence-corrected chi connectivity index (χ2v) is 23.9. The minimum Gasteiger partial charge on any atom is -0.456 e. The maximum absolute atomic E-state index is 6.33. The summed E-state index contributed by atoms with van der Waals surface area (Å²) in [5.74, 6) is 3.31. The van der Waals surface area contributed by atoms with Crippen molar-refractivity contribution in [1.29, 1.82) is 0 Å². The van der Waals surface area contributed by atoms with E-state index in [1.54, 1.807) is 0 Å². The summed E-state index contributed by atoms with van der Waals surface area (Å²) < 4.78 is 10.8. The van der Waals surface area contributed by atoms with Gasteiger partial charge in [-0.1, -0.05) is 237 Å². The van der Waals surface area contributed by atoms with Crippen molar-refractivity contribution in [2.24, 2.45) is 0 Å². The summed E-state index contributed by atoms with van der Waals surface area (Å²) in [6.45, 7) is 0. The summed E-state index contributed by atoms with van der Waals surface area (Å²) in [7, 11) is 0. The quantitative estimate of drug-likeness (QED) is 0.142. The topological polar surface area (TPSA) is 100 Å². The fourth-order valence-corrected chi connectivity index (χ4v) is 13.8. The molecule has 9 nitrogen and oxygen atoms in total. The third kappa shape index (κ3) is 8.78. The molecule has 93 heavy (non-hydrogen) atoms. The number of benzene rings is 14. The number of hydrogen-bond donors (Lipinski definition) is 0. The third-order valence-corrected chi connectivity index (χ3v) is 18.4. The number of rotatable bonds is 9. The van der Waals surface area contributed by atoms with Gasteiger partial charge in [-0.05, 0) is 132 Å². The predicted molar refractivity (Wildman–Crippen MR) is 380 cm³/mol. The number of aromatic nitrogens is 8. The Hall–Kier alpha value is -12.7. The van der Waals surface area contributed by atoms with Gasteiger partial charge in [-0.2, -0.15) is 19.9 Å². The SMILES string of the molecule is c1ccc(-c2ccc(-c3nc(-c4ccc5oc6ccccc6c5c4)nc(-n4c5cc(-c6ccc7c(c6)c6cc8ccccc8cc6n7-c6nc(-c7ccc(-c8ccccc8)cc7)nc(-c7cccc8ccccc78)n6)ccc5c5cc6ccccc6cc54)n3)cc2)cc1. The highest BCUT2D eigenvalue weighted by atomic mass is 16.3. The van der Waals surface area contributed by atoms with Crippen LogP contribution < -0.4 is 0 Å². The van der Waals surface area contributed by atoms with Crippen LogP contribution in [0.1, 0.15) is 0 Å². The number of hydrogen-bond acceptors (Lipinski definition) is 7. The molecular formula is C84H50N8O. The van der Waals surface area contributed by atoms with Crippen molar-refractivity contribution in [2.75, 3.05) is 0 Å². The Morgan fingerprint density at radius 1 is 0.204 bits per heavy atom. The highest BCUT2D eigenvalue weighted by Crippen LogP contribution is 2.42. The summed E-state index contributed by atoms with van der Waals surface area (Å²) in [6.07, 6.45) is 0. The van der Waals surface area contributed by atoms with E-state index >= 15 is 0 Å². The van der Waals surface area contributed by atoms with Gasteiger partial charge in [0.2, 0.25) is 11.9 Å². The number of fused-ring (bicyclic) bond motifs is 12. The molecule has 0 N–H and O–H groups in total. The largest absolute Gasteiger partial charge is 0.456 e. The minimum absolute atomic E-state index is 0.504. The fraction of sp³-hybridized carbons (Fsp3) is 0. The molecule has 5 heterocycles. The molecule has 19 rings (SSSR count). The van der Waals surface area contributed by atoms with Gasteiger partial charge in [0.1, 0.15) is 11.2 Å². The number of para-hydroxylation sites is 1. The zero-order valence-corrected chi connectivity index (χ0v) is 49.9. The molecule has 0 bridgehead atoms. The van der Waals surface area contributed by atoms with Crippen LogP contribution >= 0.6 is 0 Å². The standard InChI is InChI=1S/C84H50N8O/c1-3-16-51(17-4-1)53-30-34-56(35-31-53)79-85-81(64-40-43-78-72(47-64)67-27-13-14-29-77(67)93-78)89-83(87-79)92-74-50-63(38-41-66(74)69-44-58-21-7-9-23-60(58)48-75(69)92)62-39-42-73-70(46-62)71-45-59-22-8-10-24-61(59)49-76(71)91(73)84-88-80(57-36-32-54(33-37-57)52-18-5-2-6-19-52)86-82(90-84)68-28-15-25-55-20-11-12-26-65(55)68/h1-50H. The van der Waals surface area contributed by atoms with Gasteiger partial charge < -0.3 is 4.42 Å². The molecule has 0 aliphatic carbocycles. The normalized spacial score (nSPS) is 11.9. The lowest BCUT2D eigenvalue weighted by Gasteiger charge is -2.13. The van der Waals surface area contributed by atoms with E-state index in [-0.39, 0.29) is 0 Å². The first-order valence-corrected chi connectivity index (χ1v) is 31.2. The molecule has 0 aliphatic rings. The summed E-state index contributed by atoms with van der Waals surface area (Å²) in [5.41, 5.74) is 15.6. The third-order valence-electron chi connectivity index (χ3n) is 18.4. The van der Waals surface area contributed by atoms with Gasteiger partial charge in [0.05, 0.1) is 22.1 Å². The van der Waals surface area contributed by atoms with Crippen LogP contribution in [0.5, 0.6) is 0 Å². The first kappa shape index (κ1) is 52.2. The van der Waals surface area contributed by atoms with Crippen LogP contribution in [0.3, 0.4) is 0 Å². The van der Waals surface area contributed by atoms with Crippen molar-refractivity contribution in [2.45, 2.75) is 0 Å². The van der Waals surface area contributed by atoms with E-state index in [1.165, 1.54) is 0 Å². The van der Waals surface area contributed by atoms with Crippen molar-refractivity contribution in [3.05, 3.63) is 303 Å². The average molecular weight is 1190 g/mol. The van der Waals surface area contributed by atoms with Crippen LogP contribution in [-0.4, -0.2) is 39.0 Å². The molecule has 0 radical (unpaired) electrons. The van der Waals surface area contributed by atoms with Crippen LogP contribution in [0.25, 0.3) is 189 Å². The molecule has 9 heteroatoms. The van der Waals surface area contributed by atoms with Gasteiger partial charge in [0.15, 0.2) is 23.3 Å². The van der Waals surface area contributed by atoms with E-state index < -0.39 is 0 Å². The van der Waals surface area contributed by atoms with E-state index in [2.05, 4.69) is 270 Å². The Bertz CT molecular complexity index is 6230. The molecule has 5 aromatic heterocycles. The summed E-state index contributed by atoms with van der Waals surface area (Å²) in [4.78, 5) is 32.5. The summed E-state index contributed by atoms with van der Waals surface area (Å²) >= 11 is 0. The van der Waals surface area contributed by atoms with E-state index in [1.807, 2.05) is 42.5 Å². The van der Waals surface area contributed by atoms with Crippen LogP contribution in [0.2, 0.25) is 0 Å². The Balaban J connectivity index is 0.816. The van der Waals surface area contributed by atoms with Crippen LogP contribution in [-0.2, 0) is 0 Å². The Morgan fingerprint density at radius 3 is 1.26 bits per heavy atom. The second kappa shape index (κ2) is 20.9. The average Bonchev–Trinajstić information content (AvgIpc) is 1.65. The van der Waals surface area contributed by atoms with Crippen molar-refractivity contribution >= 4 is 97.9 Å². The lowest BCUT2D eigenvalue weighted by atomic mass is 10.00. The van der Waals surface area contributed by atoms with E-state index in [9.17, 15) is 0 Å². The van der Waals surface area contributed by atoms with Crippen molar-refractivity contribution in [3.63, 3.8) is 0 Å². The van der Waals surface area contributed by atoms with E-state index in [0.717, 1.165) is 154 Å². The molecule has 19 aromatic rings. The first-order chi connectivity index (χ1) is 46.0. The molecule has 432 valence electrons. The smallest absolute Gasteiger partial charge is 0.238 e. The van der Waals surface area contributed by atoms with Crippen molar-refractivity contribution in [1.82, 2.24) is 39.0 Å². The Kier molecular flexibility index (Phi) is 11.8. The number of nitrogens with zero attached hydrogens (tertiary/aromatic N) is 8. The Labute approximate surface area is 532 Å². The van der Waals surface area contributed by atoms with Crippen LogP contribution in [0.15, 0.2) is 308 Å². The molecule has 0 amide bonds. The van der Waals surface area contributed by atoms with E-state index in [4.69, 9.17) is 34.3 Å². The van der Waals surface area contributed by atoms with Gasteiger partial charge in [0.25, 0.3) is 0 Å². The molecule has 0 aliphatic heterocycles. The summed E-state index contributed by atoms with van der Waals surface area (Å²) in [6, 6.07) is 107. The molecule has 14 aromatic carbocycles. The molecule has 0 spiro atoms. The zero-order valence-electron chi connectivity index (χ0n) is 49.9. The molecule has 0 unspecified atom stereocenters. The number of furan rings is 1. The van der Waals surface area contributed by atoms with Gasteiger partial charge in [-0.25, -0.2) is 9.97 Å². The first-order valence-electron chi connectivity index (χ1n) is 31.2. The minimum atomic E-state index is 0.504. The maximum atomic E-state index is 6.33. The maximum Gasteiger partial charge on any atom is 0.238 e. The van der Waals surface area contributed by atoms with Crippen molar-refractivity contribution in [3.8, 4) is 90.8 Å². The summed E-state index contributed by atoms with van der Waals surface area (Å²) in [5, 5.41) is 13.0. The predicted octanol–water partition coefficient (Wildman–Crippen LogP) is 21.3. The van der Waals surface area contributed by atoms with Crippen LogP contribution in [0.4, 0.5) is 0 Å². The molecule has 0 fully saturated rings. The molecule has 0 atom stereocenters. The molecule has 0 saturated heterocycles. The monoisotopic (exact) mass is 1190 g/mol. The van der Waals surface area contributed by atoms with Crippen LogP contribution in [0, 0.1) is 0 Å².